The van der Waals surface area contributed by atoms with Crippen LogP contribution >= 0.6 is 11.3 Å². The number of carbonyl (C=O) groups is 2. The lowest BCUT2D eigenvalue weighted by Crippen LogP contribution is -2.20. The van der Waals surface area contributed by atoms with E-state index < -0.39 is 11.7 Å². The van der Waals surface area contributed by atoms with Gasteiger partial charge in [0.15, 0.2) is 5.82 Å². The van der Waals surface area contributed by atoms with Crippen LogP contribution in [0, 0.1) is 5.82 Å². The zero-order valence-electron chi connectivity index (χ0n) is 19.4. The second-order valence-corrected chi connectivity index (χ2v) is 9.48. The van der Waals surface area contributed by atoms with E-state index in [1.807, 2.05) is 18.2 Å². The van der Waals surface area contributed by atoms with Crippen LogP contribution in [0.15, 0.2) is 78.9 Å². The Morgan fingerprint density at radius 1 is 0.973 bits per heavy atom. The number of aromatic hydroxyl groups is 1. The number of aromatic nitrogens is 1. The summed E-state index contributed by atoms with van der Waals surface area (Å²) in [4.78, 5) is 26.5. The van der Waals surface area contributed by atoms with Gasteiger partial charge < -0.3 is 15.4 Å². The lowest BCUT2D eigenvalue weighted by Gasteiger charge is -2.08. The van der Waals surface area contributed by atoms with Crippen LogP contribution in [0.4, 0.5) is 4.39 Å². The van der Waals surface area contributed by atoms with Crippen molar-refractivity contribution < 1.29 is 24.3 Å². The molecular formula is C28H22FN3O4S. The standard InChI is InChI=1S/C28H22FN3O4S/c29-25-21-11-8-18(12-22(21)32(15-30)26(25)16-4-2-1-3-5-16)27(35)23-13-19(14-24(34)31-36)28(37-23)17-6-9-20(33)10-7-17/h1-13,33,36H,14-15,30H2,(H,31,34). The Labute approximate surface area is 215 Å². The van der Waals surface area contributed by atoms with Crippen molar-refractivity contribution in [3.63, 3.8) is 0 Å². The zero-order valence-corrected chi connectivity index (χ0v) is 20.3. The van der Waals surface area contributed by atoms with E-state index in [4.69, 9.17) is 10.9 Å². The molecule has 0 aliphatic carbocycles. The first kappa shape index (κ1) is 24.4. The first-order valence-corrected chi connectivity index (χ1v) is 12.2. The molecule has 5 N–H and O–H groups in total. The topological polar surface area (TPSA) is 118 Å². The Kier molecular flexibility index (Phi) is 6.58. The third-order valence-corrected chi connectivity index (χ3v) is 7.36. The summed E-state index contributed by atoms with van der Waals surface area (Å²) in [6, 6.07) is 21.9. The number of amides is 1. The number of benzene rings is 3. The molecule has 37 heavy (non-hydrogen) atoms. The number of nitrogens with one attached hydrogen (secondary N) is 1. The predicted octanol–water partition coefficient (Wildman–Crippen LogP) is 5.08. The van der Waals surface area contributed by atoms with E-state index in [2.05, 4.69) is 0 Å². The summed E-state index contributed by atoms with van der Waals surface area (Å²) in [6.07, 6.45) is -0.142. The number of nitrogens with two attached hydrogens (primary N) is 1. The van der Waals surface area contributed by atoms with Gasteiger partial charge in [0.1, 0.15) is 5.75 Å². The fourth-order valence-corrected chi connectivity index (χ4v) is 5.55. The average molecular weight is 516 g/mol. The van der Waals surface area contributed by atoms with Gasteiger partial charge in [0.05, 0.1) is 29.2 Å². The summed E-state index contributed by atoms with van der Waals surface area (Å²) in [5.74, 6) is -1.24. The molecule has 186 valence electrons. The second-order valence-electron chi connectivity index (χ2n) is 8.42. The molecule has 7 nitrogen and oxygen atoms in total. The highest BCUT2D eigenvalue weighted by Gasteiger charge is 2.22. The summed E-state index contributed by atoms with van der Waals surface area (Å²) in [5.41, 5.74) is 10.8. The maximum atomic E-state index is 15.4. The summed E-state index contributed by atoms with van der Waals surface area (Å²) >= 11 is 1.20. The Bertz CT molecular complexity index is 1630. The minimum absolute atomic E-state index is 0.0205. The number of nitrogens with zero attached hydrogens (tertiary/aromatic N) is 1. The van der Waals surface area contributed by atoms with Crippen LogP contribution in [0.1, 0.15) is 20.8 Å². The summed E-state index contributed by atoms with van der Waals surface area (Å²) in [5, 5.41) is 19.0. The van der Waals surface area contributed by atoms with Crippen molar-refractivity contribution in [1.82, 2.24) is 10.0 Å². The molecule has 0 radical (unpaired) electrons. The molecule has 2 heterocycles. The van der Waals surface area contributed by atoms with Gasteiger partial charge in [-0.3, -0.25) is 14.8 Å². The number of carbonyl (C=O) groups excluding carboxylic acids is 2. The van der Waals surface area contributed by atoms with Crippen LogP contribution in [-0.2, 0) is 17.9 Å². The first-order chi connectivity index (χ1) is 17.9. The molecule has 0 spiro atoms. The third-order valence-electron chi connectivity index (χ3n) is 6.13. The van der Waals surface area contributed by atoms with E-state index in [0.717, 1.165) is 0 Å². The molecule has 0 saturated heterocycles. The monoisotopic (exact) mass is 515 g/mol. The van der Waals surface area contributed by atoms with E-state index >= 15 is 4.39 Å². The van der Waals surface area contributed by atoms with E-state index in [1.165, 1.54) is 23.5 Å². The van der Waals surface area contributed by atoms with Gasteiger partial charge in [-0.15, -0.1) is 11.3 Å². The largest absolute Gasteiger partial charge is 0.508 e. The lowest BCUT2D eigenvalue weighted by molar-refractivity contribution is -0.128. The molecule has 5 aromatic rings. The fourth-order valence-electron chi connectivity index (χ4n) is 4.40. The fraction of sp³-hybridized carbons (Fsp3) is 0.0714. The van der Waals surface area contributed by atoms with Crippen LogP contribution in [0.5, 0.6) is 5.75 Å². The second kappa shape index (κ2) is 9.98. The van der Waals surface area contributed by atoms with Crippen molar-refractivity contribution in [3.05, 3.63) is 101 Å². The smallest absolute Gasteiger partial charge is 0.247 e. The normalized spacial score (nSPS) is 11.1. The van der Waals surface area contributed by atoms with Crippen LogP contribution in [-0.4, -0.2) is 26.6 Å². The zero-order chi connectivity index (χ0) is 26.1. The highest BCUT2D eigenvalue weighted by Crippen LogP contribution is 2.37. The van der Waals surface area contributed by atoms with Gasteiger partial charge in [0.25, 0.3) is 0 Å². The van der Waals surface area contributed by atoms with Crippen molar-refractivity contribution in [2.24, 2.45) is 5.73 Å². The molecule has 0 fully saturated rings. The van der Waals surface area contributed by atoms with Crippen LogP contribution in [0.25, 0.3) is 32.6 Å². The third kappa shape index (κ3) is 4.51. The van der Waals surface area contributed by atoms with E-state index in [1.54, 1.807) is 58.6 Å². The summed E-state index contributed by atoms with van der Waals surface area (Å²) < 4.78 is 17.1. The Hall–Kier alpha value is -4.31. The van der Waals surface area contributed by atoms with Crippen molar-refractivity contribution in [3.8, 4) is 27.4 Å². The van der Waals surface area contributed by atoms with E-state index in [9.17, 15) is 14.7 Å². The summed E-state index contributed by atoms with van der Waals surface area (Å²) in [7, 11) is 0. The molecule has 2 aromatic heterocycles. The first-order valence-electron chi connectivity index (χ1n) is 11.4. The van der Waals surface area contributed by atoms with Gasteiger partial charge in [0, 0.05) is 21.4 Å². The Morgan fingerprint density at radius 2 is 1.70 bits per heavy atom. The number of phenols is 1. The van der Waals surface area contributed by atoms with Gasteiger partial charge in [-0.2, -0.15) is 0 Å². The lowest BCUT2D eigenvalue weighted by atomic mass is 10.0. The van der Waals surface area contributed by atoms with Gasteiger partial charge in [0.2, 0.25) is 11.7 Å². The molecule has 0 saturated carbocycles. The van der Waals surface area contributed by atoms with Crippen molar-refractivity contribution >= 4 is 33.9 Å². The van der Waals surface area contributed by atoms with Crippen molar-refractivity contribution in [2.75, 3.05) is 0 Å². The van der Waals surface area contributed by atoms with Gasteiger partial charge in [-0.05, 0) is 53.6 Å². The maximum absolute atomic E-state index is 15.4. The minimum Gasteiger partial charge on any atom is -0.508 e. The molecule has 0 atom stereocenters. The van der Waals surface area contributed by atoms with Gasteiger partial charge in [-0.1, -0.05) is 36.4 Å². The number of hydroxylamine groups is 1. The number of ketones is 1. The minimum atomic E-state index is -0.622. The predicted molar refractivity (Wildman–Crippen MR) is 140 cm³/mol. The molecule has 0 bridgehead atoms. The highest BCUT2D eigenvalue weighted by atomic mass is 32.1. The molecule has 0 aliphatic rings. The molecule has 5 rings (SSSR count). The van der Waals surface area contributed by atoms with Crippen molar-refractivity contribution in [2.45, 2.75) is 13.1 Å². The van der Waals surface area contributed by atoms with Crippen LogP contribution in [0.2, 0.25) is 0 Å². The maximum Gasteiger partial charge on any atom is 0.247 e. The molecule has 3 aromatic carbocycles. The molecule has 0 unspecified atom stereocenters. The number of hydrogen-bond acceptors (Lipinski definition) is 6. The van der Waals surface area contributed by atoms with E-state index in [0.29, 0.717) is 48.6 Å². The Morgan fingerprint density at radius 3 is 2.38 bits per heavy atom. The van der Waals surface area contributed by atoms with Crippen LogP contribution < -0.4 is 11.2 Å². The number of fused-ring (bicyclic) bond motifs is 1. The van der Waals surface area contributed by atoms with Gasteiger partial charge in [-0.25, -0.2) is 9.87 Å². The highest BCUT2D eigenvalue weighted by molar-refractivity contribution is 7.17. The number of phenolic OH excluding ortho intramolecular Hbond substituents is 1. The Balaban J connectivity index is 1.59. The number of thiophene rings is 1. The molecule has 0 aliphatic heterocycles. The average Bonchev–Trinajstić information content (AvgIpc) is 3.47. The van der Waals surface area contributed by atoms with Gasteiger partial charge >= 0.3 is 0 Å². The number of halogens is 1. The van der Waals surface area contributed by atoms with E-state index in [-0.39, 0.29) is 24.6 Å². The summed E-state index contributed by atoms with van der Waals surface area (Å²) in [6.45, 7) is 0.0205. The molecule has 1 amide bonds. The SMILES string of the molecule is NCn1c(-c2ccccc2)c(F)c2ccc(C(=O)c3cc(CC(=O)NO)c(-c4ccc(O)cc4)s3)cc21. The molecular weight excluding hydrogens is 493 g/mol. The van der Waals surface area contributed by atoms with Crippen molar-refractivity contribution in [1.29, 1.82) is 0 Å². The number of hydrogen-bond donors (Lipinski definition) is 4. The quantitative estimate of drug-likeness (QED) is 0.137. The van der Waals surface area contributed by atoms with Crippen LogP contribution in [0.3, 0.4) is 0 Å². The molecule has 9 heteroatoms. The number of rotatable bonds is 7.